The SMILES string of the molecule is C[C@H](NC(=O)[C@@H]1CCCC[C@H]1[P+](=O)C(O)CCCc1ccccc1)C(=O)N1CCC[C@H]1C(=O)O. The third-order valence-electron chi connectivity index (χ3n) is 7.01. The quantitative estimate of drug-likeness (QED) is 0.432. The summed E-state index contributed by atoms with van der Waals surface area (Å²) in [6.45, 7) is 1.93. The number of benzene rings is 1. The molecule has 0 bridgehead atoms. The Balaban J connectivity index is 1.55. The van der Waals surface area contributed by atoms with Crippen LogP contribution >= 0.6 is 7.80 Å². The predicted molar refractivity (Wildman–Crippen MR) is 129 cm³/mol. The molecule has 0 radical (unpaired) electrons. The topological polar surface area (TPSA) is 124 Å². The second-order valence-electron chi connectivity index (χ2n) is 9.43. The van der Waals surface area contributed by atoms with Crippen LogP contribution in [0.15, 0.2) is 30.3 Å². The summed E-state index contributed by atoms with van der Waals surface area (Å²) in [5.41, 5.74) is 0.748. The van der Waals surface area contributed by atoms with Crippen molar-refractivity contribution in [1.82, 2.24) is 10.2 Å². The first-order valence-electron chi connectivity index (χ1n) is 12.3. The van der Waals surface area contributed by atoms with Gasteiger partial charge in [-0.15, -0.1) is 0 Å². The lowest BCUT2D eigenvalue weighted by atomic mass is 9.88. The Morgan fingerprint density at radius 2 is 1.82 bits per heavy atom. The van der Waals surface area contributed by atoms with Gasteiger partial charge in [-0.25, -0.2) is 4.79 Å². The van der Waals surface area contributed by atoms with E-state index in [2.05, 4.69) is 5.32 Å². The van der Waals surface area contributed by atoms with E-state index in [1.807, 2.05) is 30.3 Å². The van der Waals surface area contributed by atoms with Gasteiger partial charge in [0, 0.05) is 13.0 Å². The van der Waals surface area contributed by atoms with Crippen molar-refractivity contribution in [3.05, 3.63) is 35.9 Å². The van der Waals surface area contributed by atoms with Crippen LogP contribution in [0, 0.1) is 5.92 Å². The zero-order valence-electron chi connectivity index (χ0n) is 19.8. The molecular formula is C25H36N2O6P+. The number of nitrogens with one attached hydrogen (secondary N) is 1. The summed E-state index contributed by atoms with van der Waals surface area (Å²) in [6, 6.07) is 8.23. The summed E-state index contributed by atoms with van der Waals surface area (Å²) in [5.74, 6) is -3.26. The number of hydrogen-bond acceptors (Lipinski definition) is 5. The van der Waals surface area contributed by atoms with E-state index in [0.29, 0.717) is 45.1 Å². The van der Waals surface area contributed by atoms with Gasteiger partial charge in [-0.05, 0) is 57.4 Å². The number of carbonyl (C=O) groups excluding carboxylic acids is 2. The number of hydrogen-bond donors (Lipinski definition) is 3. The molecule has 1 saturated carbocycles. The molecule has 34 heavy (non-hydrogen) atoms. The molecule has 1 heterocycles. The number of aliphatic carboxylic acids is 1. The smallest absolute Gasteiger partial charge is 0.373 e. The van der Waals surface area contributed by atoms with E-state index in [1.54, 1.807) is 6.92 Å². The Hall–Kier alpha value is -2.31. The molecule has 1 aliphatic heterocycles. The average Bonchev–Trinajstić information content (AvgIpc) is 3.34. The molecule has 9 heteroatoms. The van der Waals surface area contributed by atoms with Crippen LogP contribution in [0.5, 0.6) is 0 Å². The van der Waals surface area contributed by atoms with Crippen molar-refractivity contribution in [2.45, 2.75) is 88.3 Å². The highest BCUT2D eigenvalue weighted by Gasteiger charge is 2.47. The van der Waals surface area contributed by atoms with Crippen LogP contribution in [0.1, 0.15) is 63.9 Å². The van der Waals surface area contributed by atoms with Gasteiger partial charge in [-0.1, -0.05) is 41.3 Å². The maximum absolute atomic E-state index is 13.2. The van der Waals surface area contributed by atoms with Gasteiger partial charge < -0.3 is 20.4 Å². The van der Waals surface area contributed by atoms with Gasteiger partial charge >= 0.3 is 13.8 Å². The molecule has 186 valence electrons. The van der Waals surface area contributed by atoms with Gasteiger partial charge in [0.1, 0.15) is 12.1 Å². The molecule has 1 saturated heterocycles. The van der Waals surface area contributed by atoms with Gasteiger partial charge in [-0.2, -0.15) is 0 Å². The van der Waals surface area contributed by atoms with E-state index in [-0.39, 0.29) is 5.91 Å². The van der Waals surface area contributed by atoms with E-state index >= 15 is 0 Å². The van der Waals surface area contributed by atoms with Crippen molar-refractivity contribution in [2.24, 2.45) is 5.92 Å². The van der Waals surface area contributed by atoms with Crippen LogP contribution in [0.3, 0.4) is 0 Å². The summed E-state index contributed by atoms with van der Waals surface area (Å²) in [4.78, 5) is 38.6. The number of aliphatic hydroxyl groups is 1. The lowest BCUT2D eigenvalue weighted by molar-refractivity contribution is -0.149. The molecule has 1 aromatic carbocycles. The van der Waals surface area contributed by atoms with Gasteiger partial charge in [0.2, 0.25) is 11.8 Å². The molecular weight excluding hydrogens is 455 g/mol. The first-order chi connectivity index (χ1) is 16.3. The Morgan fingerprint density at radius 3 is 2.53 bits per heavy atom. The Bertz CT molecular complexity index is 879. The summed E-state index contributed by atoms with van der Waals surface area (Å²) in [7, 11) is -2.01. The van der Waals surface area contributed by atoms with Crippen molar-refractivity contribution in [3.8, 4) is 0 Å². The fourth-order valence-electron chi connectivity index (χ4n) is 5.12. The standard InChI is InChI=1S/C25H35N2O6P/c1-17(24(30)27-16-8-13-20(27)25(31)32)26-23(29)19-12-5-6-14-21(19)34(33)22(28)15-7-11-18-9-3-2-4-10-18/h2-4,9-10,17,19-22,28H,5-8,11-16H2,1H3,(H-,26,29,31,32)/p+1/t17-,19+,20-,21+,22?/m0/s1. The average molecular weight is 492 g/mol. The number of aryl methyl sites for hydroxylation is 1. The molecule has 1 aromatic rings. The van der Waals surface area contributed by atoms with Crippen LogP contribution in [0.4, 0.5) is 0 Å². The number of aliphatic hydroxyl groups excluding tert-OH is 1. The first-order valence-corrected chi connectivity index (χ1v) is 13.7. The minimum atomic E-state index is -2.01. The highest BCUT2D eigenvalue weighted by molar-refractivity contribution is 7.46. The van der Waals surface area contributed by atoms with Crippen LogP contribution in [-0.2, 0) is 25.4 Å². The van der Waals surface area contributed by atoms with Crippen molar-refractivity contribution in [2.75, 3.05) is 6.54 Å². The number of nitrogens with zero attached hydrogens (tertiary/aromatic N) is 1. The highest BCUT2D eigenvalue weighted by Crippen LogP contribution is 2.45. The van der Waals surface area contributed by atoms with Gasteiger partial charge in [0.15, 0.2) is 5.66 Å². The molecule has 2 aliphatic rings. The summed E-state index contributed by atoms with van der Waals surface area (Å²) >= 11 is 0. The fourth-order valence-corrected chi connectivity index (χ4v) is 7.08. The van der Waals surface area contributed by atoms with Crippen LogP contribution in [0.25, 0.3) is 0 Å². The molecule has 3 N–H and O–H groups in total. The van der Waals surface area contributed by atoms with Gasteiger partial charge in [-0.3, -0.25) is 9.59 Å². The number of amides is 2. The Labute approximate surface area is 201 Å². The summed E-state index contributed by atoms with van der Waals surface area (Å²) in [5, 5.41) is 22.7. The van der Waals surface area contributed by atoms with E-state index in [1.165, 1.54) is 10.5 Å². The summed E-state index contributed by atoms with van der Waals surface area (Å²) in [6.07, 6.45) is 5.81. The molecule has 3 rings (SSSR count). The molecule has 0 spiro atoms. The van der Waals surface area contributed by atoms with Crippen molar-refractivity contribution < 1.29 is 29.2 Å². The zero-order chi connectivity index (χ0) is 24.7. The first kappa shape index (κ1) is 26.3. The maximum Gasteiger partial charge on any atom is 0.373 e. The molecule has 6 atom stereocenters. The predicted octanol–water partition coefficient (Wildman–Crippen LogP) is 3.29. The molecule has 1 aliphatic carbocycles. The minimum absolute atomic E-state index is 0.337. The Morgan fingerprint density at radius 1 is 1.12 bits per heavy atom. The molecule has 2 amide bonds. The normalized spacial score (nSPS) is 24.8. The lowest BCUT2D eigenvalue weighted by Gasteiger charge is -2.28. The van der Waals surface area contributed by atoms with Crippen LogP contribution < -0.4 is 5.32 Å². The van der Waals surface area contributed by atoms with Gasteiger partial charge in [0.25, 0.3) is 5.85 Å². The van der Waals surface area contributed by atoms with Gasteiger partial charge in [0.05, 0.1) is 5.92 Å². The molecule has 8 nitrogen and oxygen atoms in total. The number of carboxylic acids is 1. The van der Waals surface area contributed by atoms with E-state index in [0.717, 1.165) is 19.3 Å². The third-order valence-corrected chi connectivity index (χ3v) is 9.13. The zero-order valence-corrected chi connectivity index (χ0v) is 20.7. The second-order valence-corrected chi connectivity index (χ2v) is 11.4. The van der Waals surface area contributed by atoms with E-state index in [4.69, 9.17) is 0 Å². The number of likely N-dealkylation sites (tertiary alicyclic amines) is 1. The van der Waals surface area contributed by atoms with Crippen molar-refractivity contribution in [3.63, 3.8) is 0 Å². The number of carboxylic acid groups (broad SMARTS) is 1. The maximum atomic E-state index is 13.2. The van der Waals surface area contributed by atoms with Crippen LogP contribution in [-0.4, -0.2) is 63.0 Å². The van der Waals surface area contributed by atoms with Crippen molar-refractivity contribution in [1.29, 1.82) is 0 Å². The monoisotopic (exact) mass is 491 g/mol. The molecule has 2 unspecified atom stereocenters. The van der Waals surface area contributed by atoms with Crippen LogP contribution in [0.2, 0.25) is 0 Å². The van der Waals surface area contributed by atoms with E-state index in [9.17, 15) is 29.2 Å². The Kier molecular flexibility index (Phi) is 9.60. The third kappa shape index (κ3) is 6.63. The number of carbonyl (C=O) groups is 3. The molecule has 2 fully saturated rings. The lowest BCUT2D eigenvalue weighted by Crippen LogP contribution is -2.52. The summed E-state index contributed by atoms with van der Waals surface area (Å²) < 4.78 is 13.2. The van der Waals surface area contributed by atoms with E-state index < -0.39 is 49.2 Å². The molecule has 0 aromatic heterocycles. The highest BCUT2D eigenvalue weighted by atomic mass is 31.1. The second kappa shape index (κ2) is 12.4. The minimum Gasteiger partial charge on any atom is -0.480 e. The fraction of sp³-hybridized carbons (Fsp3) is 0.640. The van der Waals surface area contributed by atoms with Crippen molar-refractivity contribution >= 4 is 25.6 Å². The largest absolute Gasteiger partial charge is 0.480 e. The number of rotatable bonds is 10.